The van der Waals surface area contributed by atoms with Gasteiger partial charge in [-0.2, -0.15) is 0 Å². The van der Waals surface area contributed by atoms with Crippen LogP contribution in [0.3, 0.4) is 0 Å². The van der Waals surface area contributed by atoms with Gasteiger partial charge in [0.2, 0.25) is 23.6 Å². The Morgan fingerprint density at radius 3 is 2.31 bits per heavy atom. The second-order valence-electron chi connectivity index (χ2n) is 8.84. The quantitative estimate of drug-likeness (QED) is 0.231. The topological polar surface area (TPSA) is 191 Å². The Hall–Kier alpha value is -3.67. The van der Waals surface area contributed by atoms with E-state index in [1.165, 1.54) is 17.0 Å². The van der Waals surface area contributed by atoms with Gasteiger partial charge in [-0.1, -0.05) is 12.1 Å². The van der Waals surface area contributed by atoms with Crippen molar-refractivity contribution in [1.82, 2.24) is 20.9 Å². The van der Waals surface area contributed by atoms with Gasteiger partial charge in [0.05, 0.1) is 12.5 Å². The maximum Gasteiger partial charge on any atom is 0.326 e. The average Bonchev–Trinajstić information content (AvgIpc) is 3.51. The van der Waals surface area contributed by atoms with Crippen LogP contribution < -0.4 is 21.7 Å². The van der Waals surface area contributed by atoms with Crippen molar-refractivity contribution >= 4 is 29.6 Å². The lowest BCUT2D eigenvalue weighted by atomic mass is 10.0. The van der Waals surface area contributed by atoms with Crippen LogP contribution in [0.1, 0.15) is 37.7 Å². The highest BCUT2D eigenvalue weighted by atomic mass is 16.4. The molecule has 35 heavy (non-hydrogen) atoms. The van der Waals surface area contributed by atoms with Crippen LogP contribution in [-0.2, 0) is 30.4 Å². The Morgan fingerprint density at radius 1 is 1.03 bits per heavy atom. The summed E-state index contributed by atoms with van der Waals surface area (Å²) in [7, 11) is 0. The number of nitrogens with two attached hydrogens (primary N) is 1. The van der Waals surface area contributed by atoms with E-state index < -0.39 is 60.2 Å². The minimum absolute atomic E-state index is 0.0171. The molecule has 0 bridgehead atoms. The van der Waals surface area contributed by atoms with Gasteiger partial charge in [-0.05, 0) is 49.9 Å². The van der Waals surface area contributed by atoms with Crippen LogP contribution in [0.5, 0.6) is 5.75 Å². The number of carbonyl (C=O) groups is 5. The number of carboxylic acids is 1. The standard InChI is InChI=1S/C23H31N5O7/c24-19(30)12-16(26-20(31)15-3-1-9-25-15)22(33)28-10-2-4-18(28)21(32)27-17(23(34)35)11-13-5-7-14(29)8-6-13/h5-8,15-18,25,29H,1-4,9-12H2,(H2,24,30)(H,26,31)(H,27,32)(H,34,35). The molecule has 7 N–H and O–H groups in total. The number of nitrogens with zero attached hydrogens (tertiary/aromatic N) is 1. The maximum absolute atomic E-state index is 13.3. The summed E-state index contributed by atoms with van der Waals surface area (Å²) in [5.41, 5.74) is 5.90. The Labute approximate surface area is 202 Å². The van der Waals surface area contributed by atoms with Gasteiger partial charge in [0.15, 0.2) is 0 Å². The number of benzene rings is 1. The minimum Gasteiger partial charge on any atom is -0.508 e. The van der Waals surface area contributed by atoms with Gasteiger partial charge in [-0.25, -0.2) is 4.79 Å². The molecule has 1 aromatic carbocycles. The summed E-state index contributed by atoms with van der Waals surface area (Å²) < 4.78 is 0. The Kier molecular flexibility index (Phi) is 8.63. The van der Waals surface area contributed by atoms with Crippen LogP contribution >= 0.6 is 0 Å². The van der Waals surface area contributed by atoms with E-state index in [0.29, 0.717) is 31.4 Å². The molecule has 0 spiro atoms. The van der Waals surface area contributed by atoms with Crippen LogP contribution in [0.2, 0.25) is 0 Å². The molecule has 0 saturated carbocycles. The number of rotatable bonds is 10. The highest BCUT2D eigenvalue weighted by Gasteiger charge is 2.40. The number of phenolic OH excluding ortho intramolecular Hbond substituents is 1. The molecule has 12 heteroatoms. The second-order valence-corrected chi connectivity index (χ2v) is 8.84. The van der Waals surface area contributed by atoms with Gasteiger partial charge in [-0.3, -0.25) is 19.2 Å². The van der Waals surface area contributed by atoms with E-state index in [-0.39, 0.29) is 18.7 Å². The lowest BCUT2D eigenvalue weighted by Crippen LogP contribution is -2.57. The van der Waals surface area contributed by atoms with E-state index in [4.69, 9.17) is 5.73 Å². The molecular weight excluding hydrogens is 458 g/mol. The summed E-state index contributed by atoms with van der Waals surface area (Å²) in [6.07, 6.45) is 1.80. The number of phenols is 1. The fourth-order valence-corrected chi connectivity index (χ4v) is 4.42. The predicted molar refractivity (Wildman–Crippen MR) is 123 cm³/mol. The molecule has 2 aliphatic heterocycles. The van der Waals surface area contributed by atoms with Crippen LogP contribution in [0.4, 0.5) is 0 Å². The van der Waals surface area contributed by atoms with Crippen LogP contribution in [0.15, 0.2) is 24.3 Å². The summed E-state index contributed by atoms with van der Waals surface area (Å²) in [5, 5.41) is 27.1. The first kappa shape index (κ1) is 25.9. The van der Waals surface area contributed by atoms with Gasteiger partial charge in [0, 0.05) is 13.0 Å². The smallest absolute Gasteiger partial charge is 0.326 e. The van der Waals surface area contributed by atoms with Crippen molar-refractivity contribution in [2.75, 3.05) is 13.1 Å². The van der Waals surface area contributed by atoms with Crippen molar-refractivity contribution < 1.29 is 34.2 Å². The van der Waals surface area contributed by atoms with Gasteiger partial charge in [-0.15, -0.1) is 0 Å². The third-order valence-corrected chi connectivity index (χ3v) is 6.23. The number of primary amides is 1. The van der Waals surface area contributed by atoms with Gasteiger partial charge in [0.1, 0.15) is 23.9 Å². The molecule has 12 nitrogen and oxygen atoms in total. The predicted octanol–water partition coefficient (Wildman–Crippen LogP) is -1.39. The number of likely N-dealkylation sites (tertiary alicyclic amines) is 1. The second kappa shape index (κ2) is 11.6. The van der Waals surface area contributed by atoms with Crippen LogP contribution in [0.25, 0.3) is 0 Å². The van der Waals surface area contributed by atoms with Crippen molar-refractivity contribution in [3.05, 3.63) is 29.8 Å². The molecule has 0 aliphatic carbocycles. The van der Waals surface area contributed by atoms with E-state index in [2.05, 4.69) is 16.0 Å². The molecule has 1 aromatic rings. The fraction of sp³-hybridized carbons (Fsp3) is 0.522. The van der Waals surface area contributed by atoms with E-state index in [0.717, 1.165) is 6.42 Å². The average molecular weight is 490 g/mol. The highest BCUT2D eigenvalue weighted by molar-refractivity contribution is 5.96. The molecule has 2 fully saturated rings. The number of aliphatic carboxylic acids is 1. The Morgan fingerprint density at radius 2 is 1.71 bits per heavy atom. The molecule has 2 heterocycles. The van der Waals surface area contributed by atoms with E-state index in [9.17, 15) is 34.2 Å². The molecule has 0 radical (unpaired) electrons. The first-order valence-corrected chi connectivity index (χ1v) is 11.6. The van der Waals surface area contributed by atoms with Crippen molar-refractivity contribution in [2.24, 2.45) is 5.73 Å². The van der Waals surface area contributed by atoms with E-state index >= 15 is 0 Å². The summed E-state index contributed by atoms with van der Waals surface area (Å²) in [6.45, 7) is 0.898. The lowest BCUT2D eigenvalue weighted by molar-refractivity contribution is -0.145. The lowest BCUT2D eigenvalue weighted by Gasteiger charge is -2.29. The molecule has 4 atom stereocenters. The fourth-order valence-electron chi connectivity index (χ4n) is 4.42. The third-order valence-electron chi connectivity index (χ3n) is 6.23. The molecule has 4 unspecified atom stereocenters. The summed E-state index contributed by atoms with van der Waals surface area (Å²) in [6, 6.07) is 2.07. The van der Waals surface area contributed by atoms with Crippen LogP contribution in [0, 0.1) is 0 Å². The summed E-state index contributed by atoms with van der Waals surface area (Å²) >= 11 is 0. The van der Waals surface area contributed by atoms with Crippen molar-refractivity contribution in [3.63, 3.8) is 0 Å². The van der Waals surface area contributed by atoms with E-state index in [1.807, 2.05) is 0 Å². The monoisotopic (exact) mass is 489 g/mol. The number of carbonyl (C=O) groups excluding carboxylic acids is 4. The molecule has 0 aromatic heterocycles. The molecule has 190 valence electrons. The Balaban J connectivity index is 1.68. The van der Waals surface area contributed by atoms with Gasteiger partial charge >= 0.3 is 5.97 Å². The Bertz CT molecular complexity index is 962. The van der Waals surface area contributed by atoms with Crippen molar-refractivity contribution in [2.45, 2.75) is 62.7 Å². The zero-order valence-electron chi connectivity index (χ0n) is 19.2. The molecule has 4 amide bonds. The van der Waals surface area contributed by atoms with Crippen LogP contribution in [-0.4, -0.2) is 82.0 Å². The number of carboxylic acid groups (broad SMARTS) is 1. The summed E-state index contributed by atoms with van der Waals surface area (Å²) in [5.74, 6) is -3.65. The van der Waals surface area contributed by atoms with E-state index in [1.54, 1.807) is 12.1 Å². The normalized spacial score (nSPS) is 21.2. The van der Waals surface area contributed by atoms with Crippen molar-refractivity contribution in [1.29, 1.82) is 0 Å². The number of aromatic hydroxyl groups is 1. The zero-order chi connectivity index (χ0) is 25.5. The van der Waals surface area contributed by atoms with Gasteiger partial charge in [0.25, 0.3) is 0 Å². The van der Waals surface area contributed by atoms with Crippen molar-refractivity contribution in [3.8, 4) is 5.75 Å². The largest absolute Gasteiger partial charge is 0.508 e. The third kappa shape index (κ3) is 6.92. The molecule has 2 saturated heterocycles. The zero-order valence-corrected chi connectivity index (χ0v) is 19.2. The number of nitrogens with one attached hydrogen (secondary N) is 3. The first-order chi connectivity index (χ1) is 16.7. The number of amides is 4. The molecule has 2 aliphatic rings. The first-order valence-electron chi connectivity index (χ1n) is 11.6. The maximum atomic E-state index is 13.3. The molecular formula is C23H31N5O7. The summed E-state index contributed by atoms with van der Waals surface area (Å²) in [4.78, 5) is 63.4. The SMILES string of the molecule is NC(=O)CC(NC(=O)C1CCCN1)C(=O)N1CCCC1C(=O)NC(Cc1ccc(O)cc1)C(=O)O. The number of hydrogen-bond acceptors (Lipinski definition) is 7. The number of hydrogen-bond donors (Lipinski definition) is 6. The highest BCUT2D eigenvalue weighted by Crippen LogP contribution is 2.20. The molecule has 3 rings (SSSR count). The minimum atomic E-state index is -1.25. The van der Waals surface area contributed by atoms with Gasteiger partial charge < -0.3 is 36.8 Å².